The van der Waals surface area contributed by atoms with Crippen LogP contribution < -0.4 is 0 Å². The SMILES string of the molecule is c1ccc(-c2cc(-c3cc(-c4ccc5ccccc5c4)cc(-c4cccc5c4sc4ccccc45)c3)nc(-c3cccc4ccccc34)n2)cc1. The van der Waals surface area contributed by atoms with Crippen LogP contribution in [0.3, 0.4) is 0 Å². The predicted molar refractivity (Wildman–Crippen MR) is 217 cm³/mol. The van der Waals surface area contributed by atoms with Gasteiger partial charge in [-0.3, -0.25) is 0 Å². The van der Waals surface area contributed by atoms with Crippen LogP contribution in [0.1, 0.15) is 0 Å². The van der Waals surface area contributed by atoms with Crippen LogP contribution in [-0.4, -0.2) is 9.97 Å². The summed E-state index contributed by atoms with van der Waals surface area (Å²) < 4.78 is 2.60. The molecule has 0 aliphatic rings. The second-order valence-electron chi connectivity index (χ2n) is 13.0. The minimum Gasteiger partial charge on any atom is -0.228 e. The molecule has 0 saturated carbocycles. The summed E-state index contributed by atoms with van der Waals surface area (Å²) in [6, 6.07) is 65.1. The molecule has 0 fully saturated rings. The fraction of sp³-hybridized carbons (Fsp3) is 0. The van der Waals surface area contributed by atoms with Crippen molar-refractivity contribution in [3.63, 3.8) is 0 Å². The van der Waals surface area contributed by atoms with Crippen molar-refractivity contribution < 1.29 is 0 Å². The summed E-state index contributed by atoms with van der Waals surface area (Å²) in [5, 5.41) is 7.35. The zero-order valence-corrected chi connectivity index (χ0v) is 28.4. The summed E-state index contributed by atoms with van der Waals surface area (Å²) in [6.07, 6.45) is 0. The van der Waals surface area contributed by atoms with Gasteiger partial charge in [0, 0.05) is 36.9 Å². The summed E-state index contributed by atoms with van der Waals surface area (Å²) in [4.78, 5) is 10.6. The van der Waals surface area contributed by atoms with E-state index >= 15 is 0 Å². The van der Waals surface area contributed by atoms with Crippen LogP contribution in [0.25, 0.3) is 97.9 Å². The third kappa shape index (κ3) is 5.27. The average molecular weight is 667 g/mol. The van der Waals surface area contributed by atoms with Crippen molar-refractivity contribution in [1.29, 1.82) is 0 Å². The molecule has 51 heavy (non-hydrogen) atoms. The molecule has 2 heterocycles. The number of hydrogen-bond acceptors (Lipinski definition) is 3. The van der Waals surface area contributed by atoms with Gasteiger partial charge >= 0.3 is 0 Å². The highest BCUT2D eigenvalue weighted by atomic mass is 32.1. The first-order chi connectivity index (χ1) is 25.2. The van der Waals surface area contributed by atoms with Gasteiger partial charge in [0.05, 0.1) is 11.4 Å². The van der Waals surface area contributed by atoms with E-state index in [-0.39, 0.29) is 0 Å². The molecule has 0 radical (unpaired) electrons. The second-order valence-corrected chi connectivity index (χ2v) is 14.0. The number of thiophene rings is 1. The summed E-state index contributed by atoms with van der Waals surface area (Å²) in [6.45, 7) is 0. The summed E-state index contributed by atoms with van der Waals surface area (Å²) in [5.41, 5.74) is 9.63. The Bertz CT molecular complexity index is 2920. The van der Waals surface area contributed by atoms with Gasteiger partial charge in [-0.15, -0.1) is 11.3 Å². The van der Waals surface area contributed by atoms with Crippen molar-refractivity contribution >= 4 is 53.1 Å². The Morgan fingerprint density at radius 3 is 1.84 bits per heavy atom. The van der Waals surface area contributed by atoms with Gasteiger partial charge in [0.1, 0.15) is 0 Å². The number of fused-ring (bicyclic) bond motifs is 5. The molecule has 10 rings (SSSR count). The Labute approximate surface area is 300 Å². The van der Waals surface area contributed by atoms with Crippen molar-refractivity contribution in [2.45, 2.75) is 0 Å². The van der Waals surface area contributed by atoms with E-state index in [0.717, 1.165) is 39.0 Å². The first-order valence-electron chi connectivity index (χ1n) is 17.2. The molecular weight excluding hydrogens is 637 g/mol. The standard InChI is InChI=1S/C48H30N2S/c1-2-14-33(15-3-1)44-30-45(50-48(49-44)43-22-10-17-32-13-6-7-18-39(32)43)38-28-36(35-25-24-31-12-4-5-16-34(31)26-35)27-37(29-38)40-20-11-21-42-41-19-8-9-23-46(41)51-47(40)42/h1-30H. The molecule has 0 unspecified atom stereocenters. The van der Waals surface area contributed by atoms with Gasteiger partial charge in [-0.1, -0.05) is 146 Å². The predicted octanol–water partition coefficient (Wildman–Crippen LogP) is 13.5. The third-order valence-corrected chi connectivity index (χ3v) is 11.1. The lowest BCUT2D eigenvalue weighted by atomic mass is 9.93. The van der Waals surface area contributed by atoms with Gasteiger partial charge in [0.15, 0.2) is 5.82 Å². The van der Waals surface area contributed by atoms with E-state index in [1.54, 1.807) is 0 Å². The van der Waals surface area contributed by atoms with Gasteiger partial charge in [-0.25, -0.2) is 9.97 Å². The van der Waals surface area contributed by atoms with Crippen LogP contribution in [0.2, 0.25) is 0 Å². The maximum Gasteiger partial charge on any atom is 0.161 e. The van der Waals surface area contributed by atoms with Gasteiger partial charge in [0.25, 0.3) is 0 Å². The normalized spacial score (nSPS) is 11.5. The summed E-state index contributed by atoms with van der Waals surface area (Å²) >= 11 is 1.86. The van der Waals surface area contributed by atoms with Crippen LogP contribution in [0.5, 0.6) is 0 Å². The minimum atomic E-state index is 0.715. The van der Waals surface area contributed by atoms with Gasteiger partial charge < -0.3 is 0 Å². The van der Waals surface area contributed by atoms with Crippen LogP contribution in [0.4, 0.5) is 0 Å². The molecule has 0 amide bonds. The van der Waals surface area contributed by atoms with Gasteiger partial charge in [-0.2, -0.15) is 0 Å². The maximum absolute atomic E-state index is 5.36. The number of hydrogen-bond donors (Lipinski definition) is 0. The first kappa shape index (κ1) is 29.5. The lowest BCUT2D eigenvalue weighted by molar-refractivity contribution is 1.19. The van der Waals surface area contributed by atoms with Crippen molar-refractivity contribution in [2.75, 3.05) is 0 Å². The molecule has 0 aliphatic carbocycles. The van der Waals surface area contributed by atoms with Crippen LogP contribution in [0, 0.1) is 0 Å². The van der Waals surface area contributed by atoms with Crippen molar-refractivity contribution in [3.8, 4) is 56.2 Å². The quantitative estimate of drug-likeness (QED) is 0.183. The Balaban J connectivity index is 1.24. The molecule has 0 N–H and O–H groups in total. The van der Waals surface area contributed by atoms with Crippen molar-refractivity contribution in [1.82, 2.24) is 9.97 Å². The lowest BCUT2D eigenvalue weighted by Gasteiger charge is -2.14. The van der Waals surface area contributed by atoms with Crippen molar-refractivity contribution in [2.24, 2.45) is 0 Å². The Hall–Kier alpha value is -6.42. The number of benzene rings is 8. The van der Waals surface area contributed by atoms with E-state index in [9.17, 15) is 0 Å². The highest BCUT2D eigenvalue weighted by Crippen LogP contribution is 2.42. The van der Waals surface area contributed by atoms with E-state index in [2.05, 4.69) is 176 Å². The number of rotatable bonds is 5. The van der Waals surface area contributed by atoms with Gasteiger partial charge in [0.2, 0.25) is 0 Å². The summed E-state index contributed by atoms with van der Waals surface area (Å²) in [7, 11) is 0. The molecule has 10 aromatic rings. The zero-order valence-electron chi connectivity index (χ0n) is 27.6. The zero-order chi connectivity index (χ0) is 33.7. The topological polar surface area (TPSA) is 25.8 Å². The van der Waals surface area contributed by atoms with Crippen LogP contribution >= 0.6 is 11.3 Å². The Morgan fingerprint density at radius 2 is 0.961 bits per heavy atom. The first-order valence-corrected chi connectivity index (χ1v) is 18.0. The monoisotopic (exact) mass is 666 g/mol. The largest absolute Gasteiger partial charge is 0.228 e. The number of nitrogens with zero attached hydrogens (tertiary/aromatic N) is 2. The highest BCUT2D eigenvalue weighted by Gasteiger charge is 2.17. The molecule has 238 valence electrons. The van der Waals surface area contributed by atoms with E-state index in [0.29, 0.717) is 5.82 Å². The van der Waals surface area contributed by atoms with E-state index in [1.807, 2.05) is 17.4 Å². The molecular formula is C48H30N2S. The number of aromatic nitrogens is 2. The maximum atomic E-state index is 5.36. The average Bonchev–Trinajstić information content (AvgIpc) is 3.59. The van der Waals surface area contributed by atoms with Gasteiger partial charge in [-0.05, 0) is 80.2 Å². The smallest absolute Gasteiger partial charge is 0.161 e. The Kier molecular flexibility index (Phi) is 7.04. The fourth-order valence-corrected chi connectivity index (χ4v) is 8.57. The molecule has 3 heteroatoms. The Morgan fingerprint density at radius 1 is 0.333 bits per heavy atom. The molecule has 8 aromatic carbocycles. The van der Waals surface area contributed by atoms with E-state index in [4.69, 9.17) is 9.97 Å². The molecule has 2 aromatic heterocycles. The molecule has 0 bridgehead atoms. The fourth-order valence-electron chi connectivity index (χ4n) is 7.33. The van der Waals surface area contributed by atoms with Crippen LogP contribution in [0.15, 0.2) is 182 Å². The molecule has 0 saturated heterocycles. The molecule has 0 spiro atoms. The molecule has 0 atom stereocenters. The summed E-state index contributed by atoms with van der Waals surface area (Å²) in [5.74, 6) is 0.715. The van der Waals surface area contributed by atoms with E-state index in [1.165, 1.54) is 53.0 Å². The van der Waals surface area contributed by atoms with Crippen LogP contribution in [-0.2, 0) is 0 Å². The second kappa shape index (κ2) is 12.2. The van der Waals surface area contributed by atoms with Crippen molar-refractivity contribution in [3.05, 3.63) is 182 Å². The molecule has 0 aliphatic heterocycles. The highest BCUT2D eigenvalue weighted by molar-refractivity contribution is 7.26. The lowest BCUT2D eigenvalue weighted by Crippen LogP contribution is -1.97. The molecule has 2 nitrogen and oxygen atoms in total. The minimum absolute atomic E-state index is 0.715. The van der Waals surface area contributed by atoms with E-state index < -0.39 is 0 Å². The third-order valence-electron chi connectivity index (χ3n) is 9.85.